The van der Waals surface area contributed by atoms with E-state index < -0.39 is 0 Å². The zero-order valence-corrected chi connectivity index (χ0v) is 5.41. The van der Waals surface area contributed by atoms with Crippen LogP contribution in [0.15, 0.2) is 0 Å². The molecule has 0 saturated carbocycles. The Morgan fingerprint density at radius 1 is 1.62 bits per heavy atom. The molecule has 1 rings (SSSR count). The fourth-order valence-electron chi connectivity index (χ4n) is 1.08. The van der Waals surface area contributed by atoms with Crippen molar-refractivity contribution >= 4 is 0 Å². The summed E-state index contributed by atoms with van der Waals surface area (Å²) in [7, 11) is 0. The van der Waals surface area contributed by atoms with Crippen molar-refractivity contribution in [3.63, 3.8) is 0 Å². The molecule has 0 aromatic heterocycles. The van der Waals surface area contributed by atoms with E-state index in [2.05, 4.69) is 12.2 Å². The van der Waals surface area contributed by atoms with Crippen LogP contribution in [0.3, 0.4) is 0 Å². The highest BCUT2D eigenvalue weighted by atomic mass is 14.9. The van der Waals surface area contributed by atoms with E-state index in [4.69, 9.17) is 5.73 Å². The minimum atomic E-state index is 0.0677. The van der Waals surface area contributed by atoms with Crippen LogP contribution in [0.25, 0.3) is 0 Å². The third-order valence-corrected chi connectivity index (χ3v) is 1.63. The van der Waals surface area contributed by atoms with Gasteiger partial charge in [-0.05, 0) is 26.3 Å². The standard InChI is InChI=1S/C6H14N2/c1-6(7)3-2-4-8-5-6/h8H,2-5,7H2,1H3. The van der Waals surface area contributed by atoms with E-state index in [1.165, 1.54) is 12.8 Å². The van der Waals surface area contributed by atoms with Crippen LogP contribution < -0.4 is 11.1 Å². The molecule has 0 spiro atoms. The molecule has 2 nitrogen and oxygen atoms in total. The minimum absolute atomic E-state index is 0.0677. The first-order chi connectivity index (χ1) is 3.71. The van der Waals surface area contributed by atoms with Crippen LogP contribution in [0.5, 0.6) is 0 Å². The van der Waals surface area contributed by atoms with E-state index in [9.17, 15) is 0 Å². The zero-order chi connectivity index (χ0) is 6.04. The Labute approximate surface area is 50.4 Å². The molecular formula is C6H14N2. The molecule has 1 atom stereocenters. The molecule has 0 amide bonds. The van der Waals surface area contributed by atoms with E-state index in [0.29, 0.717) is 0 Å². The van der Waals surface area contributed by atoms with E-state index >= 15 is 0 Å². The quantitative estimate of drug-likeness (QED) is 0.468. The number of nitrogens with one attached hydrogen (secondary N) is 1. The van der Waals surface area contributed by atoms with E-state index in [-0.39, 0.29) is 5.54 Å². The number of rotatable bonds is 0. The van der Waals surface area contributed by atoms with Crippen molar-refractivity contribution in [3.05, 3.63) is 0 Å². The first kappa shape index (κ1) is 6.05. The fraction of sp³-hybridized carbons (Fsp3) is 1.00. The highest BCUT2D eigenvalue weighted by molar-refractivity contribution is 4.84. The summed E-state index contributed by atoms with van der Waals surface area (Å²) in [4.78, 5) is 0. The average Bonchev–Trinajstić information content (AvgIpc) is 1.65. The summed E-state index contributed by atoms with van der Waals surface area (Å²) in [5.41, 5.74) is 5.88. The fourth-order valence-corrected chi connectivity index (χ4v) is 1.08. The third-order valence-electron chi connectivity index (χ3n) is 1.63. The minimum Gasteiger partial charge on any atom is -0.324 e. The molecule has 0 radical (unpaired) electrons. The summed E-state index contributed by atoms with van der Waals surface area (Å²) >= 11 is 0. The Hall–Kier alpha value is -0.0800. The van der Waals surface area contributed by atoms with Gasteiger partial charge >= 0.3 is 0 Å². The van der Waals surface area contributed by atoms with Gasteiger partial charge in [-0.3, -0.25) is 0 Å². The molecule has 48 valence electrons. The lowest BCUT2D eigenvalue weighted by Gasteiger charge is -2.29. The van der Waals surface area contributed by atoms with Gasteiger partial charge in [0.15, 0.2) is 0 Å². The van der Waals surface area contributed by atoms with Crippen LogP contribution in [-0.2, 0) is 0 Å². The van der Waals surface area contributed by atoms with Crippen molar-refractivity contribution < 1.29 is 0 Å². The Balaban J connectivity index is 2.33. The van der Waals surface area contributed by atoms with E-state index in [1.807, 2.05) is 0 Å². The first-order valence-corrected chi connectivity index (χ1v) is 3.20. The van der Waals surface area contributed by atoms with Crippen molar-refractivity contribution in [2.75, 3.05) is 13.1 Å². The number of hydrogen-bond acceptors (Lipinski definition) is 2. The van der Waals surface area contributed by atoms with Crippen LogP contribution in [-0.4, -0.2) is 18.6 Å². The molecule has 1 heterocycles. The van der Waals surface area contributed by atoms with Gasteiger partial charge in [-0.1, -0.05) is 0 Å². The van der Waals surface area contributed by atoms with Crippen molar-refractivity contribution in [2.24, 2.45) is 5.73 Å². The molecule has 0 aliphatic carbocycles. The maximum Gasteiger partial charge on any atom is 0.0252 e. The molecule has 0 aromatic rings. The lowest BCUT2D eigenvalue weighted by Crippen LogP contribution is -2.50. The summed E-state index contributed by atoms with van der Waals surface area (Å²) in [6, 6.07) is 0. The van der Waals surface area contributed by atoms with Crippen molar-refractivity contribution in [1.29, 1.82) is 0 Å². The molecule has 1 aliphatic heterocycles. The average molecular weight is 114 g/mol. The Bertz CT molecular complexity index is 70.6. The largest absolute Gasteiger partial charge is 0.324 e. The molecule has 8 heavy (non-hydrogen) atoms. The van der Waals surface area contributed by atoms with E-state index in [1.54, 1.807) is 0 Å². The van der Waals surface area contributed by atoms with Gasteiger partial charge < -0.3 is 11.1 Å². The predicted molar refractivity (Wildman–Crippen MR) is 34.7 cm³/mol. The first-order valence-electron chi connectivity index (χ1n) is 3.20. The van der Waals surface area contributed by atoms with Gasteiger partial charge in [0.1, 0.15) is 0 Å². The number of piperidine rings is 1. The Morgan fingerprint density at radius 2 is 2.38 bits per heavy atom. The molecular weight excluding hydrogens is 100 g/mol. The van der Waals surface area contributed by atoms with Gasteiger partial charge in [0, 0.05) is 12.1 Å². The molecule has 0 aromatic carbocycles. The monoisotopic (exact) mass is 114 g/mol. The van der Waals surface area contributed by atoms with Crippen molar-refractivity contribution in [3.8, 4) is 0 Å². The van der Waals surface area contributed by atoms with Gasteiger partial charge in [0.25, 0.3) is 0 Å². The zero-order valence-electron chi connectivity index (χ0n) is 5.41. The maximum atomic E-state index is 5.82. The topological polar surface area (TPSA) is 38.0 Å². The smallest absolute Gasteiger partial charge is 0.0252 e. The Kier molecular flexibility index (Phi) is 1.54. The summed E-state index contributed by atoms with van der Waals surface area (Å²) in [6.07, 6.45) is 2.40. The maximum absolute atomic E-state index is 5.82. The van der Waals surface area contributed by atoms with Gasteiger partial charge in [0.2, 0.25) is 0 Å². The highest BCUT2D eigenvalue weighted by Crippen LogP contribution is 2.10. The van der Waals surface area contributed by atoms with Crippen LogP contribution in [0.1, 0.15) is 19.8 Å². The lowest BCUT2D eigenvalue weighted by molar-refractivity contribution is 0.342. The van der Waals surface area contributed by atoms with Gasteiger partial charge in [-0.15, -0.1) is 0 Å². The van der Waals surface area contributed by atoms with Gasteiger partial charge in [-0.25, -0.2) is 0 Å². The SMILES string of the molecule is CC1(N)CCCNC1. The van der Waals surface area contributed by atoms with E-state index in [0.717, 1.165) is 13.1 Å². The Morgan fingerprint density at radius 3 is 2.62 bits per heavy atom. The van der Waals surface area contributed by atoms with Gasteiger partial charge in [-0.2, -0.15) is 0 Å². The number of hydrogen-bond donors (Lipinski definition) is 2. The third kappa shape index (κ3) is 1.46. The summed E-state index contributed by atoms with van der Waals surface area (Å²) in [5, 5.41) is 3.25. The van der Waals surface area contributed by atoms with Crippen LogP contribution in [0, 0.1) is 0 Å². The summed E-state index contributed by atoms with van der Waals surface area (Å²) in [5.74, 6) is 0. The second kappa shape index (κ2) is 2.03. The molecule has 3 N–H and O–H groups in total. The highest BCUT2D eigenvalue weighted by Gasteiger charge is 2.20. The lowest BCUT2D eigenvalue weighted by atomic mass is 9.94. The summed E-state index contributed by atoms with van der Waals surface area (Å²) in [6.45, 7) is 4.22. The van der Waals surface area contributed by atoms with Crippen molar-refractivity contribution in [1.82, 2.24) is 5.32 Å². The molecule has 2 heteroatoms. The normalized spacial score (nSPS) is 39.8. The van der Waals surface area contributed by atoms with Crippen molar-refractivity contribution in [2.45, 2.75) is 25.3 Å². The molecule has 1 aliphatic rings. The molecule has 1 fully saturated rings. The number of nitrogens with two attached hydrogens (primary N) is 1. The predicted octanol–water partition coefficient (Wildman–Crippen LogP) is 0.0872. The summed E-state index contributed by atoms with van der Waals surface area (Å²) < 4.78 is 0. The molecule has 1 saturated heterocycles. The molecule has 0 bridgehead atoms. The molecule has 1 unspecified atom stereocenters. The van der Waals surface area contributed by atoms with Crippen LogP contribution in [0.4, 0.5) is 0 Å². The van der Waals surface area contributed by atoms with Gasteiger partial charge in [0.05, 0.1) is 0 Å². The second-order valence-corrected chi connectivity index (χ2v) is 2.93. The van der Waals surface area contributed by atoms with Crippen LogP contribution >= 0.6 is 0 Å². The van der Waals surface area contributed by atoms with Crippen LogP contribution in [0.2, 0.25) is 0 Å². The second-order valence-electron chi connectivity index (χ2n) is 2.93.